The van der Waals surface area contributed by atoms with Crippen molar-refractivity contribution in [2.24, 2.45) is 17.8 Å². The monoisotopic (exact) mass is 338 g/mol. The molecule has 1 amide bonds. The molecular formula is C16H22N2O4S. The van der Waals surface area contributed by atoms with Crippen LogP contribution in [0.15, 0.2) is 23.1 Å². The lowest BCUT2D eigenvalue weighted by Crippen LogP contribution is -2.32. The Hall–Kier alpha value is -1.63. The van der Waals surface area contributed by atoms with E-state index in [-0.39, 0.29) is 35.4 Å². The second kappa shape index (κ2) is 6.11. The number of nitrogens with one attached hydrogen (secondary N) is 1. The normalized spacial score (nSPS) is 26.4. The molecule has 23 heavy (non-hydrogen) atoms. The van der Waals surface area contributed by atoms with Crippen LogP contribution in [0.1, 0.15) is 25.7 Å². The molecule has 2 saturated carbocycles. The third-order valence-corrected chi connectivity index (χ3v) is 5.98. The first-order chi connectivity index (χ1) is 10.8. The molecule has 126 valence electrons. The van der Waals surface area contributed by atoms with Gasteiger partial charge in [-0.3, -0.25) is 9.59 Å². The zero-order chi connectivity index (χ0) is 16.6. The second-order valence-electron chi connectivity index (χ2n) is 6.82. The smallest absolute Gasteiger partial charge is 0.274 e. The van der Waals surface area contributed by atoms with Crippen molar-refractivity contribution in [3.63, 3.8) is 0 Å². The highest BCUT2D eigenvalue weighted by molar-refractivity contribution is 7.90. The van der Waals surface area contributed by atoms with Crippen molar-refractivity contribution in [3.05, 3.63) is 28.7 Å². The zero-order valence-electron chi connectivity index (χ0n) is 13.2. The predicted octanol–water partition coefficient (Wildman–Crippen LogP) is 1.27. The van der Waals surface area contributed by atoms with Crippen molar-refractivity contribution in [2.45, 2.75) is 32.2 Å². The summed E-state index contributed by atoms with van der Waals surface area (Å²) in [5, 5.41) is 2.75. The van der Waals surface area contributed by atoms with Gasteiger partial charge in [-0.2, -0.15) is 0 Å². The second-order valence-corrected chi connectivity index (χ2v) is 9.08. The number of carbonyl (C=O) groups is 1. The minimum absolute atomic E-state index is 0.0119. The Morgan fingerprint density at radius 2 is 2.13 bits per heavy atom. The molecule has 6 nitrogen and oxygen atoms in total. The van der Waals surface area contributed by atoms with Crippen molar-refractivity contribution < 1.29 is 13.2 Å². The first-order valence-corrected chi connectivity index (χ1v) is 10.1. The van der Waals surface area contributed by atoms with E-state index in [1.165, 1.54) is 11.0 Å². The van der Waals surface area contributed by atoms with E-state index in [0.29, 0.717) is 11.8 Å². The number of pyridine rings is 1. The SMILES string of the molecule is CS(=O)(=O)CCn1cccc(NC(=O)C2CC3CCC2C3)c1=O. The average molecular weight is 338 g/mol. The van der Waals surface area contributed by atoms with Gasteiger partial charge < -0.3 is 9.88 Å². The summed E-state index contributed by atoms with van der Waals surface area (Å²) < 4.78 is 23.8. The Morgan fingerprint density at radius 3 is 2.74 bits per heavy atom. The number of nitrogens with zero attached hydrogens (tertiary/aromatic N) is 1. The lowest BCUT2D eigenvalue weighted by atomic mass is 9.88. The van der Waals surface area contributed by atoms with Gasteiger partial charge in [-0.05, 0) is 43.2 Å². The maximum absolute atomic E-state index is 12.4. The van der Waals surface area contributed by atoms with Crippen molar-refractivity contribution in [1.82, 2.24) is 4.57 Å². The summed E-state index contributed by atoms with van der Waals surface area (Å²) in [4.78, 5) is 24.8. The third-order valence-electron chi connectivity index (χ3n) is 5.06. The highest BCUT2D eigenvalue weighted by Crippen LogP contribution is 2.48. The molecule has 1 heterocycles. The standard InChI is InChI=1S/C16H22N2O4S/c1-23(21,22)8-7-18-6-2-3-14(16(18)20)17-15(19)13-10-11-4-5-12(13)9-11/h2-3,6,11-13H,4-5,7-10H2,1H3,(H,17,19). The first-order valence-electron chi connectivity index (χ1n) is 8.01. The lowest BCUT2D eigenvalue weighted by Gasteiger charge is -2.20. The van der Waals surface area contributed by atoms with E-state index in [1.54, 1.807) is 18.3 Å². The van der Waals surface area contributed by atoms with Crippen LogP contribution in [0.5, 0.6) is 0 Å². The summed E-state index contributed by atoms with van der Waals surface area (Å²) in [5.74, 6) is 0.957. The highest BCUT2D eigenvalue weighted by atomic mass is 32.2. The van der Waals surface area contributed by atoms with E-state index in [0.717, 1.165) is 25.5 Å². The van der Waals surface area contributed by atoms with Crippen LogP contribution in [-0.4, -0.2) is 30.9 Å². The minimum Gasteiger partial charge on any atom is -0.321 e. The van der Waals surface area contributed by atoms with Crippen LogP contribution in [0.4, 0.5) is 5.69 Å². The molecule has 0 spiro atoms. The lowest BCUT2D eigenvalue weighted by molar-refractivity contribution is -0.121. The molecule has 2 fully saturated rings. The van der Waals surface area contributed by atoms with Crippen molar-refractivity contribution >= 4 is 21.4 Å². The van der Waals surface area contributed by atoms with E-state index in [1.807, 2.05) is 0 Å². The Kier molecular flexibility index (Phi) is 4.31. The van der Waals surface area contributed by atoms with Crippen LogP contribution >= 0.6 is 0 Å². The van der Waals surface area contributed by atoms with Crippen LogP contribution in [0.25, 0.3) is 0 Å². The largest absolute Gasteiger partial charge is 0.321 e. The van der Waals surface area contributed by atoms with Gasteiger partial charge in [-0.15, -0.1) is 0 Å². The van der Waals surface area contributed by atoms with Crippen LogP contribution in [0, 0.1) is 17.8 Å². The Bertz CT molecular complexity index is 769. The minimum atomic E-state index is -3.14. The Balaban J connectivity index is 1.70. The summed E-state index contributed by atoms with van der Waals surface area (Å²) in [6.45, 7) is 0.0928. The molecule has 2 aliphatic rings. The molecule has 2 aliphatic carbocycles. The molecule has 0 saturated heterocycles. The van der Waals surface area contributed by atoms with Gasteiger partial charge in [-0.1, -0.05) is 6.42 Å². The number of aryl methyl sites for hydroxylation is 1. The maximum Gasteiger partial charge on any atom is 0.274 e. The Morgan fingerprint density at radius 1 is 1.35 bits per heavy atom. The van der Waals surface area contributed by atoms with Crippen LogP contribution in [0.3, 0.4) is 0 Å². The fourth-order valence-electron chi connectivity index (χ4n) is 3.86. The van der Waals surface area contributed by atoms with E-state index in [9.17, 15) is 18.0 Å². The van der Waals surface area contributed by atoms with Crippen LogP contribution < -0.4 is 10.9 Å². The van der Waals surface area contributed by atoms with Gasteiger partial charge in [0, 0.05) is 24.9 Å². The molecule has 0 aromatic carbocycles. The quantitative estimate of drug-likeness (QED) is 0.876. The number of rotatable bonds is 5. The summed E-state index contributed by atoms with van der Waals surface area (Å²) >= 11 is 0. The molecule has 1 N–H and O–H groups in total. The number of hydrogen-bond acceptors (Lipinski definition) is 4. The zero-order valence-corrected chi connectivity index (χ0v) is 14.0. The fraction of sp³-hybridized carbons (Fsp3) is 0.625. The van der Waals surface area contributed by atoms with Crippen molar-refractivity contribution in [1.29, 1.82) is 0 Å². The third kappa shape index (κ3) is 3.65. The predicted molar refractivity (Wildman–Crippen MR) is 88.0 cm³/mol. The number of amides is 1. The number of fused-ring (bicyclic) bond motifs is 2. The number of anilines is 1. The summed E-state index contributed by atoms with van der Waals surface area (Å²) in [6.07, 6.45) is 7.06. The van der Waals surface area contributed by atoms with Gasteiger partial charge in [0.05, 0.1) is 5.75 Å². The van der Waals surface area contributed by atoms with Gasteiger partial charge in [0.1, 0.15) is 15.5 Å². The highest BCUT2D eigenvalue weighted by Gasteiger charge is 2.43. The number of carbonyl (C=O) groups excluding carboxylic acids is 1. The number of aromatic nitrogens is 1. The molecule has 3 unspecified atom stereocenters. The molecule has 3 rings (SSSR count). The Labute approximate surface area is 135 Å². The van der Waals surface area contributed by atoms with E-state index in [4.69, 9.17) is 0 Å². The van der Waals surface area contributed by atoms with Crippen molar-refractivity contribution in [2.75, 3.05) is 17.3 Å². The maximum atomic E-state index is 12.4. The number of sulfone groups is 1. The van der Waals surface area contributed by atoms with Crippen LogP contribution in [0.2, 0.25) is 0 Å². The van der Waals surface area contributed by atoms with Gasteiger partial charge >= 0.3 is 0 Å². The topological polar surface area (TPSA) is 85.2 Å². The molecule has 7 heteroatoms. The van der Waals surface area contributed by atoms with E-state index >= 15 is 0 Å². The van der Waals surface area contributed by atoms with Crippen LogP contribution in [-0.2, 0) is 21.2 Å². The van der Waals surface area contributed by atoms with E-state index in [2.05, 4.69) is 5.32 Å². The molecule has 0 radical (unpaired) electrons. The molecular weight excluding hydrogens is 316 g/mol. The summed E-state index contributed by atoms with van der Waals surface area (Å²) in [5.41, 5.74) is -0.124. The fourth-order valence-corrected chi connectivity index (χ4v) is 4.39. The first kappa shape index (κ1) is 16.2. The van der Waals surface area contributed by atoms with Gasteiger partial charge in [0.15, 0.2) is 0 Å². The molecule has 0 aliphatic heterocycles. The molecule has 2 bridgehead atoms. The van der Waals surface area contributed by atoms with Gasteiger partial charge in [0.2, 0.25) is 5.91 Å². The van der Waals surface area contributed by atoms with Crippen molar-refractivity contribution in [3.8, 4) is 0 Å². The molecule has 3 atom stereocenters. The molecule has 1 aromatic heterocycles. The summed E-state index contributed by atoms with van der Waals surface area (Å²) in [6, 6.07) is 3.23. The van der Waals surface area contributed by atoms with Gasteiger partial charge in [0.25, 0.3) is 5.56 Å². The number of hydrogen-bond donors (Lipinski definition) is 1. The van der Waals surface area contributed by atoms with E-state index < -0.39 is 9.84 Å². The molecule has 1 aromatic rings. The summed E-state index contributed by atoms with van der Waals surface area (Å²) in [7, 11) is -3.14. The average Bonchev–Trinajstić information content (AvgIpc) is 3.10. The van der Waals surface area contributed by atoms with Gasteiger partial charge in [-0.25, -0.2) is 8.42 Å².